The minimum absolute atomic E-state index is 0.0964. The highest BCUT2D eigenvalue weighted by molar-refractivity contribution is 5.25. The van der Waals surface area contributed by atoms with Gasteiger partial charge in [0.1, 0.15) is 0 Å². The van der Waals surface area contributed by atoms with Gasteiger partial charge in [-0.15, -0.1) is 0 Å². The first-order valence-electron chi connectivity index (χ1n) is 12.3. The Morgan fingerprint density at radius 1 is 1.11 bits per heavy atom. The van der Waals surface area contributed by atoms with Gasteiger partial charge in [-0.05, 0) is 112 Å². The number of allylic oxidation sites excluding steroid dienone is 1. The summed E-state index contributed by atoms with van der Waals surface area (Å²) in [5.41, 5.74) is 2.00. The Kier molecular flexibility index (Phi) is 5.54. The van der Waals surface area contributed by atoms with E-state index < -0.39 is 5.60 Å². The Balaban J connectivity index is 1.46. The Labute approximate surface area is 173 Å². The molecule has 0 spiro atoms. The zero-order valence-corrected chi connectivity index (χ0v) is 18.8. The van der Waals surface area contributed by atoms with Crippen molar-refractivity contribution in [2.45, 2.75) is 116 Å². The van der Waals surface area contributed by atoms with Crippen LogP contribution >= 0.6 is 0 Å². The molecule has 0 aromatic carbocycles. The molecule has 0 aromatic heterocycles. The summed E-state index contributed by atoms with van der Waals surface area (Å²) in [6.07, 6.45) is 16.8. The van der Waals surface area contributed by atoms with E-state index in [0.29, 0.717) is 10.8 Å². The smallest absolute Gasteiger partial charge is 0.0617 e. The SMILES string of the molecule is CCC(C)(O)CCC[C@H]1CC[C@H]2[C@@H]3CC=C4C[C@@H](O)CC[C@]4(C)C3CC[C@]12C. The van der Waals surface area contributed by atoms with Gasteiger partial charge in [0.25, 0.3) is 0 Å². The molecule has 0 aromatic rings. The monoisotopic (exact) mass is 388 g/mol. The van der Waals surface area contributed by atoms with Crippen LogP contribution in [0.5, 0.6) is 0 Å². The van der Waals surface area contributed by atoms with E-state index in [1.54, 1.807) is 5.57 Å². The maximum absolute atomic E-state index is 10.4. The van der Waals surface area contributed by atoms with Gasteiger partial charge in [-0.1, -0.05) is 38.8 Å². The molecule has 0 radical (unpaired) electrons. The molecular formula is C26H44O2. The fourth-order valence-corrected chi connectivity index (χ4v) is 8.13. The van der Waals surface area contributed by atoms with Gasteiger partial charge >= 0.3 is 0 Å². The van der Waals surface area contributed by atoms with Crippen LogP contribution in [-0.2, 0) is 0 Å². The van der Waals surface area contributed by atoms with Crippen molar-refractivity contribution in [1.82, 2.24) is 0 Å². The van der Waals surface area contributed by atoms with Crippen molar-refractivity contribution in [3.8, 4) is 0 Å². The average molecular weight is 389 g/mol. The largest absolute Gasteiger partial charge is 0.393 e. The van der Waals surface area contributed by atoms with Gasteiger partial charge in [-0.3, -0.25) is 0 Å². The van der Waals surface area contributed by atoms with Gasteiger partial charge in [0.15, 0.2) is 0 Å². The summed E-state index contributed by atoms with van der Waals surface area (Å²) in [6, 6.07) is 0. The predicted octanol–water partition coefficient (Wildman–Crippen LogP) is 6.26. The third-order valence-corrected chi connectivity index (χ3v) is 10.3. The molecule has 0 bridgehead atoms. The second kappa shape index (κ2) is 7.41. The van der Waals surface area contributed by atoms with E-state index >= 15 is 0 Å². The maximum atomic E-state index is 10.4. The Morgan fingerprint density at radius 2 is 1.89 bits per heavy atom. The molecular weight excluding hydrogens is 344 g/mol. The van der Waals surface area contributed by atoms with Gasteiger partial charge in [0, 0.05) is 0 Å². The quantitative estimate of drug-likeness (QED) is 0.546. The lowest BCUT2D eigenvalue weighted by Crippen LogP contribution is -2.50. The number of hydrogen-bond donors (Lipinski definition) is 2. The van der Waals surface area contributed by atoms with Crippen molar-refractivity contribution in [3.05, 3.63) is 11.6 Å². The summed E-state index contributed by atoms with van der Waals surface area (Å²) in [7, 11) is 0. The topological polar surface area (TPSA) is 40.5 Å². The van der Waals surface area contributed by atoms with Crippen LogP contribution in [0.4, 0.5) is 0 Å². The molecule has 2 N–H and O–H groups in total. The summed E-state index contributed by atoms with van der Waals surface area (Å²) in [4.78, 5) is 0. The van der Waals surface area contributed by atoms with Gasteiger partial charge in [-0.25, -0.2) is 0 Å². The summed E-state index contributed by atoms with van der Waals surface area (Å²) in [5, 5.41) is 20.6. The molecule has 4 rings (SSSR count). The minimum atomic E-state index is -0.471. The van der Waals surface area contributed by atoms with Crippen LogP contribution in [0.3, 0.4) is 0 Å². The molecule has 3 fully saturated rings. The van der Waals surface area contributed by atoms with E-state index in [4.69, 9.17) is 0 Å². The standard InChI is InChI=1S/C26H44O2/c1-5-24(2,28)14-6-7-18-9-11-22-21-10-8-19-17-20(27)12-15-26(19,4)23(21)13-16-25(18,22)3/h8,18,20-23,27-28H,5-7,9-17H2,1-4H3/t18-,20-,21-,22-,23?,24?,25+,26-/m0/s1. The second-order valence-electron chi connectivity index (χ2n) is 11.7. The third kappa shape index (κ3) is 3.41. The lowest BCUT2D eigenvalue weighted by Gasteiger charge is -2.58. The fraction of sp³-hybridized carbons (Fsp3) is 0.923. The highest BCUT2D eigenvalue weighted by atomic mass is 16.3. The van der Waals surface area contributed by atoms with E-state index in [1.807, 2.05) is 6.92 Å². The molecule has 4 aliphatic rings. The molecule has 3 saturated carbocycles. The first-order chi connectivity index (χ1) is 13.2. The number of aliphatic hydroxyl groups is 2. The molecule has 4 aliphatic carbocycles. The first kappa shape index (κ1) is 20.9. The molecule has 0 saturated heterocycles. The number of hydrogen-bond acceptors (Lipinski definition) is 2. The van der Waals surface area contributed by atoms with Gasteiger partial charge < -0.3 is 10.2 Å². The van der Waals surface area contributed by atoms with Crippen LogP contribution in [0.2, 0.25) is 0 Å². The molecule has 2 heteroatoms. The predicted molar refractivity (Wildman–Crippen MR) is 116 cm³/mol. The normalized spacial score (nSPS) is 47.5. The van der Waals surface area contributed by atoms with Crippen molar-refractivity contribution in [1.29, 1.82) is 0 Å². The van der Waals surface area contributed by atoms with E-state index in [1.165, 1.54) is 51.4 Å². The molecule has 2 unspecified atom stereocenters. The van der Waals surface area contributed by atoms with Crippen LogP contribution < -0.4 is 0 Å². The second-order valence-corrected chi connectivity index (χ2v) is 11.7. The van der Waals surface area contributed by atoms with Crippen LogP contribution in [-0.4, -0.2) is 21.9 Å². The molecule has 8 atom stereocenters. The Hall–Kier alpha value is -0.340. The van der Waals surface area contributed by atoms with Crippen molar-refractivity contribution in [2.24, 2.45) is 34.5 Å². The minimum Gasteiger partial charge on any atom is -0.393 e. The first-order valence-corrected chi connectivity index (χ1v) is 12.3. The van der Waals surface area contributed by atoms with Crippen LogP contribution in [0.1, 0.15) is 105 Å². The fourth-order valence-electron chi connectivity index (χ4n) is 8.13. The molecule has 0 heterocycles. The lowest BCUT2D eigenvalue weighted by atomic mass is 9.47. The number of aliphatic hydroxyl groups excluding tert-OH is 1. The molecule has 0 aliphatic heterocycles. The zero-order valence-electron chi connectivity index (χ0n) is 18.8. The van der Waals surface area contributed by atoms with Crippen LogP contribution in [0, 0.1) is 34.5 Å². The summed E-state index contributed by atoms with van der Waals surface area (Å²) in [5.74, 6) is 3.46. The van der Waals surface area contributed by atoms with E-state index in [9.17, 15) is 10.2 Å². The van der Waals surface area contributed by atoms with Crippen molar-refractivity contribution >= 4 is 0 Å². The van der Waals surface area contributed by atoms with Gasteiger partial charge in [0.05, 0.1) is 11.7 Å². The summed E-state index contributed by atoms with van der Waals surface area (Å²) in [6.45, 7) is 9.26. The van der Waals surface area contributed by atoms with Crippen molar-refractivity contribution in [2.75, 3.05) is 0 Å². The molecule has 0 amide bonds. The molecule has 2 nitrogen and oxygen atoms in total. The highest BCUT2D eigenvalue weighted by Crippen LogP contribution is 2.66. The van der Waals surface area contributed by atoms with Gasteiger partial charge in [-0.2, -0.15) is 0 Å². The van der Waals surface area contributed by atoms with Crippen LogP contribution in [0.15, 0.2) is 11.6 Å². The van der Waals surface area contributed by atoms with E-state index in [0.717, 1.165) is 49.4 Å². The van der Waals surface area contributed by atoms with Gasteiger partial charge in [0.2, 0.25) is 0 Å². The third-order valence-electron chi connectivity index (χ3n) is 10.3. The Morgan fingerprint density at radius 3 is 2.64 bits per heavy atom. The van der Waals surface area contributed by atoms with E-state index in [2.05, 4.69) is 26.8 Å². The molecule has 28 heavy (non-hydrogen) atoms. The van der Waals surface area contributed by atoms with E-state index in [-0.39, 0.29) is 6.10 Å². The average Bonchev–Trinajstić information content (AvgIpc) is 2.99. The number of rotatable bonds is 5. The van der Waals surface area contributed by atoms with Crippen molar-refractivity contribution in [3.63, 3.8) is 0 Å². The maximum Gasteiger partial charge on any atom is 0.0617 e. The Bertz CT molecular complexity index is 608. The highest BCUT2D eigenvalue weighted by Gasteiger charge is 2.58. The van der Waals surface area contributed by atoms with Crippen molar-refractivity contribution < 1.29 is 10.2 Å². The lowest BCUT2D eigenvalue weighted by molar-refractivity contribution is -0.0516. The van der Waals surface area contributed by atoms with Crippen LogP contribution in [0.25, 0.3) is 0 Å². The zero-order chi connectivity index (χ0) is 20.2. The molecule has 160 valence electrons. The number of fused-ring (bicyclic) bond motifs is 5. The summed E-state index contributed by atoms with van der Waals surface area (Å²) < 4.78 is 0. The summed E-state index contributed by atoms with van der Waals surface area (Å²) >= 11 is 0.